The summed E-state index contributed by atoms with van der Waals surface area (Å²) < 4.78 is 11.4. The lowest BCUT2D eigenvalue weighted by Gasteiger charge is -2.30. The molecule has 0 bridgehead atoms. The lowest BCUT2D eigenvalue weighted by Crippen LogP contribution is -2.40. The average Bonchev–Trinajstić information content (AvgIpc) is 3.29. The highest BCUT2D eigenvalue weighted by atomic mass is 16.5. The van der Waals surface area contributed by atoms with Crippen LogP contribution in [0.25, 0.3) is 11.4 Å². The van der Waals surface area contributed by atoms with Crippen molar-refractivity contribution in [3.8, 4) is 11.4 Å². The summed E-state index contributed by atoms with van der Waals surface area (Å²) in [5.41, 5.74) is 2.17. The summed E-state index contributed by atoms with van der Waals surface area (Å²) >= 11 is 0. The smallest absolute Gasteiger partial charge is 0.241 e. The zero-order valence-electron chi connectivity index (χ0n) is 19.2. The van der Waals surface area contributed by atoms with Gasteiger partial charge in [-0.15, -0.1) is 0 Å². The Hall–Kier alpha value is -2.25. The van der Waals surface area contributed by atoms with Crippen LogP contribution in [0, 0.1) is 12.8 Å². The molecule has 7 heteroatoms. The van der Waals surface area contributed by atoms with Crippen molar-refractivity contribution in [3.05, 3.63) is 35.7 Å². The number of carbonyl (C=O) groups excluding carboxylic acids is 1. The van der Waals surface area contributed by atoms with Crippen LogP contribution in [0.4, 0.5) is 0 Å². The van der Waals surface area contributed by atoms with Crippen LogP contribution in [0.2, 0.25) is 0 Å². The maximum atomic E-state index is 12.5. The van der Waals surface area contributed by atoms with Crippen LogP contribution in [0.15, 0.2) is 28.8 Å². The van der Waals surface area contributed by atoms with Gasteiger partial charge in [-0.3, -0.25) is 9.69 Å². The normalized spacial score (nSPS) is 18.7. The predicted molar refractivity (Wildman–Crippen MR) is 123 cm³/mol. The summed E-state index contributed by atoms with van der Waals surface area (Å²) in [6, 6.07) is 8.11. The Kier molecular flexibility index (Phi) is 8.29. The highest BCUT2D eigenvalue weighted by molar-refractivity contribution is 5.78. The summed E-state index contributed by atoms with van der Waals surface area (Å²) in [6.07, 6.45) is 9.38. The first-order chi connectivity index (χ1) is 15.7. The molecular weight excluding hydrogens is 404 g/mol. The van der Waals surface area contributed by atoms with E-state index in [0.717, 1.165) is 44.5 Å². The number of amides is 1. The van der Waals surface area contributed by atoms with Crippen molar-refractivity contribution in [1.82, 2.24) is 20.4 Å². The molecule has 1 aromatic heterocycles. The fourth-order valence-corrected chi connectivity index (χ4v) is 4.59. The Morgan fingerprint density at radius 1 is 1.12 bits per heavy atom. The van der Waals surface area contributed by atoms with E-state index in [1.807, 2.05) is 24.3 Å². The highest BCUT2D eigenvalue weighted by Gasteiger charge is 2.26. The van der Waals surface area contributed by atoms with Gasteiger partial charge in [-0.05, 0) is 52.1 Å². The van der Waals surface area contributed by atoms with Crippen LogP contribution < -0.4 is 5.32 Å². The molecule has 0 unspecified atom stereocenters. The fraction of sp³-hybridized carbons (Fsp3) is 0.640. The quantitative estimate of drug-likeness (QED) is 0.591. The van der Waals surface area contributed by atoms with Gasteiger partial charge in [0, 0.05) is 24.6 Å². The van der Waals surface area contributed by atoms with Crippen LogP contribution in [-0.4, -0.2) is 53.3 Å². The van der Waals surface area contributed by atoms with E-state index in [1.54, 1.807) is 0 Å². The molecule has 2 aliphatic rings. The zero-order chi connectivity index (χ0) is 22.2. The van der Waals surface area contributed by atoms with Gasteiger partial charge in [0.25, 0.3) is 0 Å². The van der Waals surface area contributed by atoms with Crippen molar-refractivity contribution in [2.75, 3.05) is 26.2 Å². The number of aromatic nitrogens is 2. The van der Waals surface area contributed by atoms with Gasteiger partial charge >= 0.3 is 0 Å². The molecule has 0 spiro atoms. The van der Waals surface area contributed by atoms with E-state index < -0.39 is 0 Å². The van der Waals surface area contributed by atoms with Gasteiger partial charge in [-0.25, -0.2) is 0 Å². The second-order valence-electron chi connectivity index (χ2n) is 9.20. The first-order valence-corrected chi connectivity index (χ1v) is 12.2. The van der Waals surface area contributed by atoms with Gasteiger partial charge in [-0.2, -0.15) is 4.98 Å². The number of hydrogen-bond acceptors (Lipinski definition) is 6. The van der Waals surface area contributed by atoms with Crippen LogP contribution in [0.3, 0.4) is 0 Å². The second kappa shape index (κ2) is 11.6. The minimum absolute atomic E-state index is 0.0938. The minimum Gasteiger partial charge on any atom is -0.378 e. The molecule has 2 aromatic rings. The molecule has 32 heavy (non-hydrogen) atoms. The lowest BCUT2D eigenvalue weighted by molar-refractivity contribution is -0.126. The average molecular weight is 441 g/mol. The third-order valence-electron chi connectivity index (χ3n) is 6.62. The number of piperidine rings is 1. The molecule has 2 fully saturated rings. The minimum atomic E-state index is 0.0938. The number of nitrogens with zero attached hydrogens (tertiary/aromatic N) is 3. The topological polar surface area (TPSA) is 80.5 Å². The van der Waals surface area contributed by atoms with Gasteiger partial charge in [-0.1, -0.05) is 54.2 Å². The zero-order valence-corrected chi connectivity index (χ0v) is 19.2. The highest BCUT2D eigenvalue weighted by Crippen LogP contribution is 2.22. The maximum absolute atomic E-state index is 12.5. The van der Waals surface area contributed by atoms with Crippen molar-refractivity contribution in [2.45, 2.75) is 70.9 Å². The van der Waals surface area contributed by atoms with Gasteiger partial charge in [0.15, 0.2) is 0 Å². The molecule has 2 heterocycles. The second-order valence-corrected chi connectivity index (χ2v) is 9.20. The van der Waals surface area contributed by atoms with Crippen molar-refractivity contribution in [3.63, 3.8) is 0 Å². The molecule has 1 saturated heterocycles. The summed E-state index contributed by atoms with van der Waals surface area (Å²) in [6.45, 7) is 5.87. The summed E-state index contributed by atoms with van der Waals surface area (Å²) in [5.74, 6) is 1.53. The molecule has 1 amide bonds. The SMILES string of the molecule is Cc1ccc(-c2noc(CN3CCC(C(=O)NCCCOC4CCCCC4)CC3)n2)cc1. The van der Waals surface area contributed by atoms with Crippen LogP contribution in [0.1, 0.15) is 62.8 Å². The largest absolute Gasteiger partial charge is 0.378 e. The molecular formula is C25H36N4O3. The molecule has 0 atom stereocenters. The van der Waals surface area contributed by atoms with Crippen LogP contribution in [-0.2, 0) is 16.1 Å². The number of carbonyl (C=O) groups is 1. The third-order valence-corrected chi connectivity index (χ3v) is 6.62. The molecule has 1 aliphatic carbocycles. The van der Waals surface area contributed by atoms with Gasteiger partial charge in [0.1, 0.15) is 0 Å². The fourth-order valence-electron chi connectivity index (χ4n) is 4.59. The number of nitrogens with one attached hydrogen (secondary N) is 1. The van der Waals surface area contributed by atoms with Crippen molar-refractivity contribution in [1.29, 1.82) is 0 Å². The standard InChI is InChI=1S/C25H36N4O3/c1-19-8-10-20(11-9-19)24-27-23(32-28-24)18-29-15-12-21(13-16-29)25(30)26-14-5-17-31-22-6-3-2-4-7-22/h8-11,21-22H,2-7,12-18H2,1H3,(H,26,30). The third kappa shape index (κ3) is 6.62. The van der Waals surface area contributed by atoms with E-state index in [-0.39, 0.29) is 11.8 Å². The monoisotopic (exact) mass is 440 g/mol. The molecule has 7 nitrogen and oxygen atoms in total. The number of ether oxygens (including phenoxy) is 1. The Bertz CT molecular complexity index is 837. The van der Waals surface area contributed by atoms with Gasteiger partial charge < -0.3 is 14.6 Å². The van der Waals surface area contributed by atoms with Gasteiger partial charge in [0.2, 0.25) is 17.6 Å². The Balaban J connectivity index is 1.12. The molecule has 1 saturated carbocycles. The van der Waals surface area contributed by atoms with E-state index in [1.165, 1.54) is 37.7 Å². The Labute approximate surface area is 190 Å². The van der Waals surface area contributed by atoms with Crippen LogP contribution in [0.5, 0.6) is 0 Å². The summed E-state index contributed by atoms with van der Waals surface area (Å²) in [5, 5.41) is 7.22. The van der Waals surface area contributed by atoms with E-state index in [4.69, 9.17) is 9.26 Å². The molecule has 1 aromatic carbocycles. The first kappa shape index (κ1) is 22.9. The lowest BCUT2D eigenvalue weighted by atomic mass is 9.96. The Morgan fingerprint density at radius 3 is 2.62 bits per heavy atom. The molecule has 4 rings (SSSR count). The van der Waals surface area contributed by atoms with E-state index in [2.05, 4.69) is 27.3 Å². The Morgan fingerprint density at radius 2 is 1.88 bits per heavy atom. The number of likely N-dealkylation sites (tertiary alicyclic amines) is 1. The van der Waals surface area contributed by atoms with Crippen molar-refractivity contribution >= 4 is 5.91 Å². The summed E-state index contributed by atoms with van der Waals surface area (Å²) in [4.78, 5) is 19.3. The van der Waals surface area contributed by atoms with E-state index in [0.29, 0.717) is 30.9 Å². The van der Waals surface area contributed by atoms with E-state index in [9.17, 15) is 4.79 Å². The summed E-state index contributed by atoms with van der Waals surface area (Å²) in [7, 11) is 0. The molecule has 0 radical (unpaired) electrons. The number of rotatable bonds is 9. The van der Waals surface area contributed by atoms with Crippen molar-refractivity contribution in [2.24, 2.45) is 5.92 Å². The first-order valence-electron chi connectivity index (χ1n) is 12.2. The number of hydrogen-bond donors (Lipinski definition) is 1. The number of aryl methyl sites for hydroxylation is 1. The van der Waals surface area contributed by atoms with Crippen LogP contribution >= 0.6 is 0 Å². The van der Waals surface area contributed by atoms with Gasteiger partial charge in [0.05, 0.1) is 12.6 Å². The molecule has 1 aliphatic heterocycles. The maximum Gasteiger partial charge on any atom is 0.241 e. The predicted octanol–water partition coefficient (Wildman–Crippen LogP) is 4.11. The molecule has 1 N–H and O–H groups in total. The molecule has 174 valence electrons. The van der Waals surface area contributed by atoms with Crippen molar-refractivity contribution < 1.29 is 14.1 Å². The number of benzene rings is 1. The van der Waals surface area contributed by atoms with E-state index >= 15 is 0 Å².